The van der Waals surface area contributed by atoms with Crippen molar-refractivity contribution in [1.82, 2.24) is 20.8 Å². The molecule has 3 aromatic rings. The van der Waals surface area contributed by atoms with E-state index in [0.717, 1.165) is 42.5 Å². The summed E-state index contributed by atoms with van der Waals surface area (Å²) in [6, 6.07) is 20.2. The maximum absolute atomic E-state index is 13.3. The lowest BCUT2D eigenvalue weighted by Gasteiger charge is -2.29. The molecule has 7 nitrogen and oxygen atoms in total. The van der Waals surface area contributed by atoms with Crippen molar-refractivity contribution in [2.75, 3.05) is 0 Å². The summed E-state index contributed by atoms with van der Waals surface area (Å²) in [6.45, 7) is 3.83. The molecule has 1 saturated carbocycles. The minimum absolute atomic E-state index is 0.0507. The Morgan fingerprint density at radius 3 is 2.41 bits per heavy atom. The van der Waals surface area contributed by atoms with Crippen LogP contribution in [0.25, 0.3) is 11.3 Å². The molecule has 1 aliphatic rings. The molecule has 0 saturated heterocycles. The van der Waals surface area contributed by atoms with Crippen LogP contribution >= 0.6 is 0 Å². The molecule has 0 bridgehead atoms. The molecule has 3 atom stereocenters. The first kappa shape index (κ1) is 28.2. The van der Waals surface area contributed by atoms with Gasteiger partial charge >= 0.3 is 0 Å². The van der Waals surface area contributed by atoms with E-state index in [-0.39, 0.29) is 24.3 Å². The maximum atomic E-state index is 13.3. The highest BCUT2D eigenvalue weighted by atomic mass is 16.3. The average molecular weight is 527 g/mol. The quantitative estimate of drug-likeness (QED) is 0.292. The van der Waals surface area contributed by atoms with Crippen LogP contribution in [0.3, 0.4) is 0 Å². The van der Waals surface area contributed by atoms with Gasteiger partial charge in [0.05, 0.1) is 17.8 Å². The van der Waals surface area contributed by atoms with E-state index >= 15 is 0 Å². The zero-order chi connectivity index (χ0) is 27.5. The van der Waals surface area contributed by atoms with E-state index in [1.54, 1.807) is 24.4 Å². The molecular weight excluding hydrogens is 488 g/mol. The molecule has 4 rings (SSSR count). The van der Waals surface area contributed by atoms with Gasteiger partial charge in [0, 0.05) is 29.3 Å². The molecule has 2 aromatic carbocycles. The van der Waals surface area contributed by atoms with Crippen molar-refractivity contribution in [3.63, 3.8) is 0 Å². The summed E-state index contributed by atoms with van der Waals surface area (Å²) in [5.74, 6) is -0.751. The molecule has 0 aliphatic heterocycles. The van der Waals surface area contributed by atoms with Crippen LogP contribution in [-0.4, -0.2) is 45.3 Å². The standard InChI is InChI=1S/C32H38N4O3/c1-2-10-26(32(39)34-27-13-7-4-8-14-27)22-30(37)29(21-23-11-5-3-6-12-23)35-31(38)25-18-16-24(17-19-25)28-15-9-20-33-36-28/h2-3,5-6,9,11-12,15-20,26-27,29-30,37H,1,4,7-8,10,13-14,21-22H2,(H,34,39)(H,35,38)/t26-,29+,30+/m1/s1. The molecule has 1 aliphatic carbocycles. The van der Waals surface area contributed by atoms with Crippen LogP contribution in [0.5, 0.6) is 0 Å². The second kappa shape index (κ2) is 14.4. The topological polar surface area (TPSA) is 104 Å². The molecule has 204 valence electrons. The Kier molecular flexibility index (Phi) is 10.4. The third-order valence-electron chi connectivity index (χ3n) is 7.39. The fourth-order valence-electron chi connectivity index (χ4n) is 5.18. The van der Waals surface area contributed by atoms with E-state index in [4.69, 9.17) is 0 Å². The fraction of sp³-hybridized carbons (Fsp3) is 0.375. The molecular formula is C32H38N4O3. The lowest BCUT2D eigenvalue weighted by Crippen LogP contribution is -2.47. The van der Waals surface area contributed by atoms with Crippen molar-refractivity contribution in [1.29, 1.82) is 0 Å². The number of benzene rings is 2. The van der Waals surface area contributed by atoms with Gasteiger partial charge < -0.3 is 15.7 Å². The van der Waals surface area contributed by atoms with Crippen LogP contribution in [0.1, 0.15) is 60.9 Å². The van der Waals surface area contributed by atoms with Crippen LogP contribution in [-0.2, 0) is 11.2 Å². The van der Waals surface area contributed by atoms with Gasteiger partial charge in [-0.25, -0.2) is 0 Å². The molecule has 39 heavy (non-hydrogen) atoms. The summed E-state index contributed by atoms with van der Waals surface area (Å²) >= 11 is 0. The number of aliphatic hydroxyl groups is 1. The first-order valence-electron chi connectivity index (χ1n) is 13.9. The van der Waals surface area contributed by atoms with Gasteiger partial charge in [0.2, 0.25) is 5.91 Å². The van der Waals surface area contributed by atoms with Crippen molar-refractivity contribution < 1.29 is 14.7 Å². The highest BCUT2D eigenvalue weighted by Crippen LogP contribution is 2.22. The number of rotatable bonds is 12. The number of amides is 2. The number of carbonyl (C=O) groups is 2. The molecule has 1 heterocycles. The number of aliphatic hydroxyl groups excluding tert-OH is 1. The van der Waals surface area contributed by atoms with E-state index in [1.807, 2.05) is 54.6 Å². The van der Waals surface area contributed by atoms with Crippen molar-refractivity contribution in [3.05, 3.63) is 96.7 Å². The number of carbonyl (C=O) groups excluding carboxylic acids is 2. The Labute approximate surface area is 230 Å². The molecule has 1 fully saturated rings. The fourth-order valence-corrected chi connectivity index (χ4v) is 5.18. The van der Waals surface area contributed by atoms with Crippen molar-refractivity contribution in [3.8, 4) is 11.3 Å². The lowest BCUT2D eigenvalue weighted by atomic mass is 9.89. The molecule has 3 N–H and O–H groups in total. The molecule has 0 radical (unpaired) electrons. The summed E-state index contributed by atoms with van der Waals surface area (Å²) < 4.78 is 0. The smallest absolute Gasteiger partial charge is 0.251 e. The normalized spacial score (nSPS) is 16.0. The van der Waals surface area contributed by atoms with Crippen LogP contribution in [0.4, 0.5) is 0 Å². The number of aromatic nitrogens is 2. The number of hydrogen-bond acceptors (Lipinski definition) is 5. The molecule has 1 aromatic heterocycles. The van der Waals surface area contributed by atoms with Gasteiger partial charge in [0.15, 0.2) is 0 Å². The summed E-state index contributed by atoms with van der Waals surface area (Å²) in [4.78, 5) is 26.4. The minimum atomic E-state index is -0.921. The van der Waals surface area contributed by atoms with Gasteiger partial charge in [0.25, 0.3) is 5.91 Å². The van der Waals surface area contributed by atoms with E-state index in [9.17, 15) is 14.7 Å². The van der Waals surface area contributed by atoms with E-state index in [1.165, 1.54) is 6.42 Å². The predicted molar refractivity (Wildman–Crippen MR) is 153 cm³/mol. The molecule has 0 unspecified atom stereocenters. The third-order valence-corrected chi connectivity index (χ3v) is 7.39. The lowest BCUT2D eigenvalue weighted by molar-refractivity contribution is -0.127. The van der Waals surface area contributed by atoms with Crippen molar-refractivity contribution in [2.24, 2.45) is 5.92 Å². The first-order valence-corrected chi connectivity index (χ1v) is 13.9. The Morgan fingerprint density at radius 2 is 1.74 bits per heavy atom. The van der Waals surface area contributed by atoms with Crippen LogP contribution in [0, 0.1) is 5.92 Å². The van der Waals surface area contributed by atoms with Gasteiger partial charge in [-0.3, -0.25) is 9.59 Å². The van der Waals surface area contributed by atoms with Crippen molar-refractivity contribution >= 4 is 11.8 Å². The van der Waals surface area contributed by atoms with Crippen LogP contribution in [0.15, 0.2) is 85.6 Å². The largest absolute Gasteiger partial charge is 0.391 e. The monoisotopic (exact) mass is 526 g/mol. The number of allylic oxidation sites excluding steroid dienone is 1. The highest BCUT2D eigenvalue weighted by Gasteiger charge is 2.29. The number of hydrogen-bond donors (Lipinski definition) is 3. The maximum Gasteiger partial charge on any atom is 0.251 e. The number of nitrogens with zero attached hydrogens (tertiary/aromatic N) is 2. The van der Waals surface area contributed by atoms with Gasteiger partial charge in [0.1, 0.15) is 0 Å². The minimum Gasteiger partial charge on any atom is -0.391 e. The van der Waals surface area contributed by atoms with Crippen LogP contribution in [0.2, 0.25) is 0 Å². The SMILES string of the molecule is C=CC[C@H](C[C@H](O)[C@H](Cc1ccccc1)NC(=O)c1ccc(-c2cccnn2)cc1)C(=O)NC1CCCCC1. The molecule has 2 amide bonds. The van der Waals surface area contributed by atoms with Crippen molar-refractivity contribution in [2.45, 2.75) is 69.6 Å². The number of nitrogens with one attached hydrogen (secondary N) is 2. The summed E-state index contributed by atoms with van der Waals surface area (Å²) in [6.07, 6.45) is 9.02. The zero-order valence-corrected chi connectivity index (χ0v) is 22.3. The van der Waals surface area contributed by atoms with E-state index < -0.39 is 18.1 Å². The van der Waals surface area contributed by atoms with Gasteiger partial charge in [-0.2, -0.15) is 10.2 Å². The highest BCUT2D eigenvalue weighted by molar-refractivity contribution is 5.94. The Balaban J connectivity index is 1.46. The second-order valence-electron chi connectivity index (χ2n) is 10.3. The summed E-state index contributed by atoms with van der Waals surface area (Å²) in [7, 11) is 0. The first-order chi connectivity index (χ1) is 19.0. The van der Waals surface area contributed by atoms with E-state index in [0.29, 0.717) is 18.4 Å². The zero-order valence-electron chi connectivity index (χ0n) is 22.3. The predicted octanol–water partition coefficient (Wildman–Crippen LogP) is 4.88. The third kappa shape index (κ3) is 8.32. The molecule has 7 heteroatoms. The summed E-state index contributed by atoms with van der Waals surface area (Å²) in [5, 5.41) is 25.6. The van der Waals surface area contributed by atoms with Crippen LogP contribution < -0.4 is 10.6 Å². The Hall–Kier alpha value is -3.84. The Bertz CT molecular complexity index is 1200. The van der Waals surface area contributed by atoms with Gasteiger partial charge in [-0.05, 0) is 61.9 Å². The molecule has 0 spiro atoms. The van der Waals surface area contributed by atoms with Gasteiger partial charge in [-0.15, -0.1) is 6.58 Å². The summed E-state index contributed by atoms with van der Waals surface area (Å²) in [5.41, 5.74) is 3.05. The second-order valence-corrected chi connectivity index (χ2v) is 10.3. The van der Waals surface area contributed by atoms with Gasteiger partial charge in [-0.1, -0.05) is 67.8 Å². The Morgan fingerprint density at radius 1 is 1.00 bits per heavy atom. The van der Waals surface area contributed by atoms with E-state index in [2.05, 4.69) is 27.4 Å². The average Bonchev–Trinajstić information content (AvgIpc) is 2.98.